The normalized spacial score (nSPS) is 12.7. The molecule has 0 radical (unpaired) electrons. The lowest BCUT2D eigenvalue weighted by Gasteiger charge is -2.20. The van der Waals surface area contributed by atoms with Gasteiger partial charge in [-0.05, 0) is 38.3 Å². The predicted molar refractivity (Wildman–Crippen MR) is 80.9 cm³/mol. The first-order valence-corrected chi connectivity index (χ1v) is 7.27. The highest BCUT2D eigenvalue weighted by Crippen LogP contribution is 2.18. The Morgan fingerprint density at radius 2 is 2.15 bits per heavy atom. The standard InChI is InChI=1S/C15H25N3O2/c1-5-6-16-13(7-11(2)3)9-14-8-12(4)15(10-17-14)18(19)20/h8,10-11,13,16H,5-7,9H2,1-4H3. The first-order valence-electron chi connectivity index (χ1n) is 7.27. The second-order valence-electron chi connectivity index (χ2n) is 5.70. The molecule has 20 heavy (non-hydrogen) atoms. The van der Waals surface area contributed by atoms with Crippen molar-refractivity contribution in [1.29, 1.82) is 0 Å². The molecule has 1 atom stereocenters. The Hall–Kier alpha value is -1.49. The van der Waals surface area contributed by atoms with E-state index in [-0.39, 0.29) is 10.6 Å². The lowest BCUT2D eigenvalue weighted by molar-refractivity contribution is -0.385. The van der Waals surface area contributed by atoms with E-state index in [0.717, 1.165) is 31.5 Å². The van der Waals surface area contributed by atoms with Gasteiger partial charge in [0.05, 0.1) is 4.92 Å². The topological polar surface area (TPSA) is 68.1 Å². The van der Waals surface area contributed by atoms with Gasteiger partial charge in [0.15, 0.2) is 0 Å². The Morgan fingerprint density at radius 1 is 1.45 bits per heavy atom. The third-order valence-electron chi connectivity index (χ3n) is 3.23. The first kappa shape index (κ1) is 16.6. The molecule has 0 fully saturated rings. The summed E-state index contributed by atoms with van der Waals surface area (Å²) in [6, 6.07) is 2.21. The smallest absolute Gasteiger partial charge is 0.290 e. The highest BCUT2D eigenvalue weighted by atomic mass is 16.6. The molecule has 0 saturated heterocycles. The molecule has 1 aromatic rings. The Morgan fingerprint density at radius 3 is 2.65 bits per heavy atom. The highest BCUT2D eigenvalue weighted by Gasteiger charge is 2.15. The molecule has 0 aliphatic heterocycles. The SMILES string of the molecule is CCCNC(Cc1cc(C)c([N+](=O)[O-])cn1)CC(C)C. The zero-order chi connectivity index (χ0) is 15.1. The van der Waals surface area contributed by atoms with Crippen molar-refractivity contribution in [2.45, 2.75) is 53.0 Å². The van der Waals surface area contributed by atoms with E-state index in [1.165, 1.54) is 6.20 Å². The summed E-state index contributed by atoms with van der Waals surface area (Å²) in [4.78, 5) is 14.6. The predicted octanol–water partition coefficient (Wildman–Crippen LogP) is 3.26. The molecule has 0 aromatic carbocycles. The summed E-state index contributed by atoms with van der Waals surface area (Å²) in [5.74, 6) is 0.614. The van der Waals surface area contributed by atoms with Crippen LogP contribution in [0.1, 0.15) is 44.9 Å². The number of hydrogen-bond acceptors (Lipinski definition) is 4. The maximum Gasteiger partial charge on any atom is 0.290 e. The number of nitro groups is 1. The number of aryl methyl sites for hydroxylation is 1. The number of rotatable bonds is 8. The van der Waals surface area contributed by atoms with Gasteiger partial charge in [-0.2, -0.15) is 0 Å². The van der Waals surface area contributed by atoms with Gasteiger partial charge >= 0.3 is 0 Å². The fraction of sp³-hybridized carbons (Fsp3) is 0.667. The van der Waals surface area contributed by atoms with Crippen LogP contribution in [-0.2, 0) is 6.42 Å². The van der Waals surface area contributed by atoms with Gasteiger partial charge < -0.3 is 5.32 Å². The molecule has 0 saturated carbocycles. The second kappa shape index (κ2) is 7.94. The van der Waals surface area contributed by atoms with Crippen molar-refractivity contribution in [3.8, 4) is 0 Å². The maximum absolute atomic E-state index is 10.8. The summed E-state index contributed by atoms with van der Waals surface area (Å²) < 4.78 is 0. The Balaban J connectivity index is 2.77. The molecule has 0 aliphatic carbocycles. The van der Waals surface area contributed by atoms with Crippen LogP contribution < -0.4 is 5.32 Å². The molecule has 0 bridgehead atoms. The quantitative estimate of drug-likeness (QED) is 0.586. The summed E-state index contributed by atoms with van der Waals surface area (Å²) in [5.41, 5.74) is 1.69. The molecule has 1 heterocycles. The largest absolute Gasteiger partial charge is 0.314 e. The summed E-state index contributed by atoms with van der Waals surface area (Å²) in [6.07, 6.45) is 4.37. The van der Waals surface area contributed by atoms with Crippen molar-refractivity contribution in [1.82, 2.24) is 10.3 Å². The number of nitrogens with one attached hydrogen (secondary N) is 1. The molecule has 1 rings (SSSR count). The van der Waals surface area contributed by atoms with Crippen molar-refractivity contribution >= 4 is 5.69 Å². The molecular weight excluding hydrogens is 254 g/mol. The number of pyridine rings is 1. The van der Waals surface area contributed by atoms with Crippen LogP contribution >= 0.6 is 0 Å². The van der Waals surface area contributed by atoms with Gasteiger partial charge in [0, 0.05) is 23.7 Å². The summed E-state index contributed by atoms with van der Waals surface area (Å²) in [7, 11) is 0. The van der Waals surface area contributed by atoms with Gasteiger partial charge in [-0.1, -0.05) is 20.8 Å². The van der Waals surface area contributed by atoms with E-state index in [0.29, 0.717) is 17.5 Å². The van der Waals surface area contributed by atoms with Crippen LogP contribution in [-0.4, -0.2) is 22.5 Å². The monoisotopic (exact) mass is 279 g/mol. The van der Waals surface area contributed by atoms with Crippen molar-refractivity contribution in [3.63, 3.8) is 0 Å². The van der Waals surface area contributed by atoms with E-state index >= 15 is 0 Å². The van der Waals surface area contributed by atoms with Crippen molar-refractivity contribution in [2.24, 2.45) is 5.92 Å². The van der Waals surface area contributed by atoms with Gasteiger partial charge in [0.2, 0.25) is 0 Å². The molecule has 5 nitrogen and oxygen atoms in total. The minimum absolute atomic E-state index is 0.0932. The summed E-state index contributed by atoms with van der Waals surface area (Å²) >= 11 is 0. The van der Waals surface area contributed by atoms with Gasteiger partial charge in [0.25, 0.3) is 5.69 Å². The lowest BCUT2D eigenvalue weighted by atomic mass is 9.99. The third kappa shape index (κ3) is 5.25. The molecule has 0 spiro atoms. The minimum atomic E-state index is -0.382. The van der Waals surface area contributed by atoms with Gasteiger partial charge in [0.1, 0.15) is 6.20 Å². The van der Waals surface area contributed by atoms with Crippen molar-refractivity contribution < 1.29 is 4.92 Å². The van der Waals surface area contributed by atoms with Crippen molar-refractivity contribution in [3.05, 3.63) is 33.6 Å². The average Bonchev–Trinajstić information content (AvgIpc) is 2.35. The van der Waals surface area contributed by atoms with E-state index in [9.17, 15) is 10.1 Å². The van der Waals surface area contributed by atoms with E-state index in [1.807, 2.05) is 6.07 Å². The van der Waals surface area contributed by atoms with Gasteiger partial charge in [-0.3, -0.25) is 15.1 Å². The van der Waals surface area contributed by atoms with Crippen LogP contribution in [0, 0.1) is 23.0 Å². The summed E-state index contributed by atoms with van der Waals surface area (Å²) in [5, 5.41) is 14.3. The lowest BCUT2D eigenvalue weighted by Crippen LogP contribution is -2.33. The van der Waals surface area contributed by atoms with Crippen LogP contribution in [0.2, 0.25) is 0 Å². The van der Waals surface area contributed by atoms with Crippen LogP contribution in [0.25, 0.3) is 0 Å². The van der Waals surface area contributed by atoms with E-state index in [4.69, 9.17) is 0 Å². The van der Waals surface area contributed by atoms with Crippen molar-refractivity contribution in [2.75, 3.05) is 6.54 Å². The number of aromatic nitrogens is 1. The van der Waals surface area contributed by atoms with Crippen LogP contribution in [0.5, 0.6) is 0 Å². The minimum Gasteiger partial charge on any atom is -0.314 e. The van der Waals surface area contributed by atoms with Gasteiger partial charge in [-0.15, -0.1) is 0 Å². The Kier molecular flexibility index (Phi) is 6.58. The Bertz CT molecular complexity index is 447. The van der Waals surface area contributed by atoms with Crippen LogP contribution in [0.15, 0.2) is 12.3 Å². The van der Waals surface area contributed by atoms with E-state index in [2.05, 4.69) is 31.1 Å². The molecular formula is C15H25N3O2. The fourth-order valence-corrected chi connectivity index (χ4v) is 2.32. The van der Waals surface area contributed by atoms with Gasteiger partial charge in [-0.25, -0.2) is 0 Å². The average molecular weight is 279 g/mol. The molecule has 112 valence electrons. The molecule has 1 N–H and O–H groups in total. The van der Waals surface area contributed by atoms with E-state index < -0.39 is 0 Å². The molecule has 5 heteroatoms. The highest BCUT2D eigenvalue weighted by molar-refractivity contribution is 5.37. The summed E-state index contributed by atoms with van der Waals surface area (Å²) in [6.45, 7) is 9.31. The zero-order valence-electron chi connectivity index (χ0n) is 12.8. The van der Waals surface area contributed by atoms with Crippen LogP contribution in [0.3, 0.4) is 0 Å². The maximum atomic E-state index is 10.8. The zero-order valence-corrected chi connectivity index (χ0v) is 12.8. The molecule has 1 unspecified atom stereocenters. The molecule has 1 aromatic heterocycles. The molecule has 0 aliphatic rings. The number of hydrogen-bond donors (Lipinski definition) is 1. The molecule has 0 amide bonds. The Labute approximate surface area is 121 Å². The van der Waals surface area contributed by atoms with Crippen LogP contribution in [0.4, 0.5) is 5.69 Å². The number of nitrogens with zero attached hydrogens (tertiary/aromatic N) is 2. The second-order valence-corrected chi connectivity index (χ2v) is 5.70. The third-order valence-corrected chi connectivity index (χ3v) is 3.23. The first-order chi connectivity index (χ1) is 9.43. The fourth-order valence-electron chi connectivity index (χ4n) is 2.32. The van der Waals surface area contributed by atoms with E-state index in [1.54, 1.807) is 6.92 Å².